The first-order chi connectivity index (χ1) is 10.8. The summed E-state index contributed by atoms with van der Waals surface area (Å²) in [5.41, 5.74) is 4.85. The number of nitro benzene ring substituents is 1. The Hall–Kier alpha value is -2.69. The van der Waals surface area contributed by atoms with E-state index in [1.54, 1.807) is 0 Å². The molecule has 0 aliphatic rings. The van der Waals surface area contributed by atoms with Crippen molar-refractivity contribution in [3.63, 3.8) is 0 Å². The fraction of sp³-hybridized carbons (Fsp3) is 0.278. The lowest BCUT2D eigenvalue weighted by atomic mass is 9.92. The minimum atomic E-state index is -0.475. The number of hydrogen-bond donors (Lipinski definition) is 0. The van der Waals surface area contributed by atoms with Gasteiger partial charge in [-0.05, 0) is 62.1 Å². The lowest BCUT2D eigenvalue weighted by Crippen LogP contribution is -2.15. The fourth-order valence-corrected chi connectivity index (χ4v) is 2.60. The Bertz CT molecular complexity index is 764. The number of carbonyl (C=O) groups excluding carboxylic acids is 1. The molecule has 0 aliphatic carbocycles. The Morgan fingerprint density at radius 1 is 1.04 bits per heavy atom. The highest BCUT2D eigenvalue weighted by Gasteiger charge is 2.16. The van der Waals surface area contributed by atoms with Gasteiger partial charge in [0.2, 0.25) is 5.78 Å². The van der Waals surface area contributed by atoms with Crippen LogP contribution in [0.5, 0.6) is 5.75 Å². The van der Waals surface area contributed by atoms with Crippen molar-refractivity contribution in [2.45, 2.75) is 27.7 Å². The molecule has 0 fully saturated rings. The molecule has 0 spiro atoms. The van der Waals surface area contributed by atoms with Crippen LogP contribution in [-0.4, -0.2) is 17.3 Å². The second-order valence-electron chi connectivity index (χ2n) is 5.60. The molecule has 2 rings (SSSR count). The molecule has 0 bridgehead atoms. The third kappa shape index (κ3) is 3.56. The van der Waals surface area contributed by atoms with Crippen LogP contribution in [-0.2, 0) is 0 Å². The Morgan fingerprint density at radius 3 is 2.22 bits per heavy atom. The van der Waals surface area contributed by atoms with Crippen molar-refractivity contribution in [1.82, 2.24) is 0 Å². The van der Waals surface area contributed by atoms with Crippen LogP contribution in [0.2, 0.25) is 0 Å². The standard InChI is InChI=1S/C18H19NO4/c1-11-9-12(2)18(14(4)13(11)3)17(20)10-23-16-7-5-15(6-8-16)19(21)22/h5-9H,10H2,1-4H3. The molecule has 2 aromatic rings. The van der Waals surface area contributed by atoms with Crippen molar-refractivity contribution in [2.24, 2.45) is 0 Å². The van der Waals surface area contributed by atoms with Crippen molar-refractivity contribution in [1.29, 1.82) is 0 Å². The molecule has 0 amide bonds. The zero-order valence-corrected chi connectivity index (χ0v) is 13.7. The lowest BCUT2D eigenvalue weighted by Gasteiger charge is -2.14. The van der Waals surface area contributed by atoms with E-state index in [1.807, 2.05) is 33.8 Å². The molecule has 0 saturated heterocycles. The molecule has 2 aromatic carbocycles. The van der Waals surface area contributed by atoms with Crippen LogP contribution in [0.3, 0.4) is 0 Å². The molecule has 5 nitrogen and oxygen atoms in total. The average molecular weight is 313 g/mol. The van der Waals surface area contributed by atoms with Gasteiger partial charge < -0.3 is 4.74 Å². The van der Waals surface area contributed by atoms with Crippen molar-refractivity contribution in [2.75, 3.05) is 6.61 Å². The largest absolute Gasteiger partial charge is 0.485 e. The van der Waals surface area contributed by atoms with E-state index in [9.17, 15) is 14.9 Å². The highest BCUT2D eigenvalue weighted by atomic mass is 16.6. The normalized spacial score (nSPS) is 10.4. The topological polar surface area (TPSA) is 69.4 Å². The van der Waals surface area contributed by atoms with Crippen LogP contribution in [0.25, 0.3) is 0 Å². The van der Waals surface area contributed by atoms with Crippen molar-refractivity contribution in [3.8, 4) is 5.75 Å². The second-order valence-corrected chi connectivity index (χ2v) is 5.60. The van der Waals surface area contributed by atoms with Gasteiger partial charge in [-0.15, -0.1) is 0 Å². The number of nitro groups is 1. The molecule has 0 heterocycles. The van der Waals surface area contributed by atoms with Gasteiger partial charge in [-0.1, -0.05) is 6.07 Å². The fourth-order valence-electron chi connectivity index (χ4n) is 2.60. The summed E-state index contributed by atoms with van der Waals surface area (Å²) in [5, 5.41) is 10.6. The van der Waals surface area contributed by atoms with Gasteiger partial charge in [0.15, 0.2) is 6.61 Å². The van der Waals surface area contributed by atoms with Gasteiger partial charge in [0, 0.05) is 17.7 Å². The maximum Gasteiger partial charge on any atom is 0.269 e. The van der Waals surface area contributed by atoms with Gasteiger partial charge in [0.1, 0.15) is 5.75 Å². The van der Waals surface area contributed by atoms with E-state index >= 15 is 0 Å². The third-order valence-corrected chi connectivity index (χ3v) is 4.05. The number of rotatable bonds is 5. The molecule has 120 valence electrons. The highest BCUT2D eigenvalue weighted by Crippen LogP contribution is 2.23. The SMILES string of the molecule is Cc1cc(C)c(C(=O)COc2ccc([N+](=O)[O-])cc2)c(C)c1C. The number of ketones is 1. The monoisotopic (exact) mass is 313 g/mol. The lowest BCUT2D eigenvalue weighted by molar-refractivity contribution is -0.384. The van der Waals surface area contributed by atoms with Crippen molar-refractivity contribution >= 4 is 11.5 Å². The predicted molar refractivity (Wildman–Crippen MR) is 88.3 cm³/mol. The van der Waals surface area contributed by atoms with Crippen LogP contribution in [0.15, 0.2) is 30.3 Å². The van der Waals surface area contributed by atoms with E-state index in [2.05, 4.69) is 0 Å². The Kier molecular flexibility index (Phi) is 4.79. The summed E-state index contributed by atoms with van der Waals surface area (Å²) >= 11 is 0. The Morgan fingerprint density at radius 2 is 1.65 bits per heavy atom. The Balaban J connectivity index is 2.14. The van der Waals surface area contributed by atoms with Crippen molar-refractivity contribution in [3.05, 3.63) is 68.3 Å². The number of benzene rings is 2. The van der Waals surface area contributed by atoms with Crippen LogP contribution in [0, 0.1) is 37.8 Å². The number of Topliss-reactive ketones (excluding diaryl/α,β-unsaturated/α-hetero) is 1. The van der Waals surface area contributed by atoms with Crippen molar-refractivity contribution < 1.29 is 14.5 Å². The number of carbonyl (C=O) groups is 1. The Labute approximate surface area is 135 Å². The maximum atomic E-state index is 12.5. The maximum absolute atomic E-state index is 12.5. The van der Waals surface area contributed by atoms with Crippen LogP contribution in [0.4, 0.5) is 5.69 Å². The molecule has 0 atom stereocenters. The zero-order chi connectivity index (χ0) is 17.1. The minimum Gasteiger partial charge on any atom is -0.485 e. The summed E-state index contributed by atoms with van der Waals surface area (Å²) in [6.07, 6.45) is 0. The van der Waals surface area contributed by atoms with Gasteiger partial charge in [-0.25, -0.2) is 0 Å². The summed E-state index contributed by atoms with van der Waals surface area (Å²) in [7, 11) is 0. The molecule has 0 saturated carbocycles. The number of nitrogens with zero attached hydrogens (tertiary/aromatic N) is 1. The molecule has 0 radical (unpaired) electrons. The average Bonchev–Trinajstić information content (AvgIpc) is 2.51. The van der Waals surface area contributed by atoms with E-state index in [0.717, 1.165) is 22.3 Å². The van der Waals surface area contributed by atoms with Crippen LogP contribution in [0.1, 0.15) is 32.6 Å². The van der Waals surface area contributed by atoms with Gasteiger partial charge in [0.05, 0.1) is 4.92 Å². The molecule has 5 heteroatoms. The first-order valence-corrected chi connectivity index (χ1v) is 7.29. The molecular formula is C18H19NO4. The summed E-state index contributed by atoms with van der Waals surface area (Å²) in [6.45, 7) is 7.78. The first kappa shape index (κ1) is 16.7. The number of ether oxygens (including phenoxy) is 1. The molecule has 0 unspecified atom stereocenters. The van der Waals surface area contributed by atoms with E-state index in [1.165, 1.54) is 24.3 Å². The zero-order valence-electron chi connectivity index (χ0n) is 13.7. The summed E-state index contributed by atoms with van der Waals surface area (Å²) < 4.78 is 5.46. The molecule has 0 N–H and O–H groups in total. The van der Waals surface area contributed by atoms with Gasteiger partial charge in [0.25, 0.3) is 5.69 Å². The molecule has 0 aromatic heterocycles. The number of hydrogen-bond acceptors (Lipinski definition) is 4. The van der Waals surface area contributed by atoms with E-state index < -0.39 is 4.92 Å². The summed E-state index contributed by atoms with van der Waals surface area (Å²) in [6, 6.07) is 7.69. The first-order valence-electron chi connectivity index (χ1n) is 7.29. The van der Waals surface area contributed by atoms with Gasteiger partial charge in [-0.3, -0.25) is 14.9 Å². The van der Waals surface area contributed by atoms with Crippen LogP contribution >= 0.6 is 0 Å². The van der Waals surface area contributed by atoms with Gasteiger partial charge in [-0.2, -0.15) is 0 Å². The van der Waals surface area contributed by atoms with Crippen LogP contribution < -0.4 is 4.74 Å². The third-order valence-electron chi connectivity index (χ3n) is 4.05. The molecule has 23 heavy (non-hydrogen) atoms. The minimum absolute atomic E-state index is 0.00970. The quantitative estimate of drug-likeness (QED) is 0.473. The second kappa shape index (κ2) is 6.60. The summed E-state index contributed by atoms with van der Waals surface area (Å²) in [5.74, 6) is 0.338. The smallest absolute Gasteiger partial charge is 0.269 e. The summed E-state index contributed by atoms with van der Waals surface area (Å²) in [4.78, 5) is 22.6. The highest BCUT2D eigenvalue weighted by molar-refractivity contribution is 6.00. The van der Waals surface area contributed by atoms with E-state index in [0.29, 0.717) is 11.3 Å². The number of aryl methyl sites for hydroxylation is 2. The van der Waals surface area contributed by atoms with E-state index in [4.69, 9.17) is 4.74 Å². The van der Waals surface area contributed by atoms with Gasteiger partial charge >= 0.3 is 0 Å². The number of non-ortho nitro benzene ring substituents is 1. The molecule has 0 aliphatic heterocycles. The molecular weight excluding hydrogens is 294 g/mol. The van der Waals surface area contributed by atoms with E-state index in [-0.39, 0.29) is 18.1 Å². The predicted octanol–water partition coefficient (Wildman–Crippen LogP) is 4.09.